The van der Waals surface area contributed by atoms with E-state index in [9.17, 15) is 24.5 Å². The highest BCUT2D eigenvalue weighted by molar-refractivity contribution is 8.02. The number of thioether (sulfide) groups is 2. The van der Waals surface area contributed by atoms with Gasteiger partial charge in [0.2, 0.25) is 11.8 Å². The number of benzene rings is 1. The van der Waals surface area contributed by atoms with Crippen LogP contribution in [0.4, 0.5) is 5.69 Å². The zero-order chi connectivity index (χ0) is 25.8. The number of aromatic nitrogens is 1. The molecule has 2 aliphatic heterocycles. The average Bonchev–Trinajstić information content (AvgIpc) is 3.36. The topological polar surface area (TPSA) is 132 Å². The van der Waals surface area contributed by atoms with Crippen molar-refractivity contribution in [3.05, 3.63) is 62.4 Å². The number of halogens is 2. The first-order chi connectivity index (χ1) is 17.0. The highest BCUT2D eigenvalue weighted by Crippen LogP contribution is 2.72. The van der Waals surface area contributed by atoms with E-state index in [4.69, 9.17) is 27.9 Å². The van der Waals surface area contributed by atoms with Crippen LogP contribution in [0.1, 0.15) is 18.9 Å². The van der Waals surface area contributed by atoms with E-state index < -0.39 is 27.2 Å². The number of hydrogen-bond donors (Lipinski definition) is 1. The maximum absolute atomic E-state index is 13.1. The first-order valence-corrected chi connectivity index (χ1v) is 13.3. The van der Waals surface area contributed by atoms with Crippen LogP contribution in [-0.4, -0.2) is 60.0 Å². The zero-order valence-corrected chi connectivity index (χ0v) is 21.7. The molecule has 2 amide bonds. The Morgan fingerprint density at radius 2 is 1.97 bits per heavy atom. The van der Waals surface area contributed by atoms with Gasteiger partial charge in [0.1, 0.15) is 28.3 Å². The number of fused-ring (bicyclic) bond motifs is 3. The molecule has 10 nitrogen and oxygen atoms in total. The number of ether oxygens (including phenoxy) is 1. The first kappa shape index (κ1) is 25.1. The van der Waals surface area contributed by atoms with Gasteiger partial charge in [0.05, 0.1) is 15.4 Å². The van der Waals surface area contributed by atoms with Crippen LogP contribution in [0.15, 0.2) is 41.3 Å². The van der Waals surface area contributed by atoms with Gasteiger partial charge in [0.25, 0.3) is 5.69 Å². The maximum Gasteiger partial charge on any atom is 0.333 e. The quantitative estimate of drug-likeness (QED) is 0.127. The van der Waals surface area contributed by atoms with E-state index in [1.54, 1.807) is 12.1 Å². The number of nitro groups is 1. The lowest BCUT2D eigenvalue weighted by Gasteiger charge is -2.46. The van der Waals surface area contributed by atoms with Gasteiger partial charge in [0.15, 0.2) is 5.54 Å². The molecule has 188 valence electrons. The number of nitrogens with one attached hydrogen (secondary N) is 1. The third kappa shape index (κ3) is 4.19. The third-order valence-electron chi connectivity index (χ3n) is 6.46. The van der Waals surface area contributed by atoms with E-state index in [0.29, 0.717) is 16.9 Å². The highest BCUT2D eigenvalue weighted by Gasteiger charge is 2.85. The molecule has 36 heavy (non-hydrogen) atoms. The van der Waals surface area contributed by atoms with Crippen LogP contribution < -0.4 is 5.32 Å². The SMILES string of the molecule is C[C@@]12C[C@]1(C(=O)OCc1ccc([N+](=O)[O-])cc1)N1C(=O)[C@@H](NC(=O)CSc3cc(Cl)nc(Cl)c3)[C@H]1S2. The maximum atomic E-state index is 13.1. The zero-order valence-electron chi connectivity index (χ0n) is 18.6. The molecule has 0 unspecified atom stereocenters. The Kier molecular flexibility index (Phi) is 6.34. The fourth-order valence-electron chi connectivity index (χ4n) is 4.57. The number of pyridine rings is 1. The van der Waals surface area contributed by atoms with Crippen LogP contribution in [0.5, 0.6) is 0 Å². The van der Waals surface area contributed by atoms with E-state index in [0.717, 1.165) is 0 Å². The number of non-ortho nitro benzene ring substituents is 1. The predicted octanol–water partition coefficient (Wildman–Crippen LogP) is 3.43. The van der Waals surface area contributed by atoms with Crippen LogP contribution in [0.3, 0.4) is 0 Å². The summed E-state index contributed by atoms with van der Waals surface area (Å²) < 4.78 is 5.01. The Balaban J connectivity index is 1.18. The highest BCUT2D eigenvalue weighted by atomic mass is 35.5. The number of carbonyl (C=O) groups is 3. The second-order valence-corrected chi connectivity index (χ2v) is 12.2. The molecule has 2 aromatic rings. The Bertz CT molecular complexity index is 1280. The number of hydrogen-bond acceptors (Lipinski definition) is 9. The molecule has 0 spiro atoms. The summed E-state index contributed by atoms with van der Waals surface area (Å²) in [4.78, 5) is 54.9. The first-order valence-electron chi connectivity index (χ1n) is 10.7. The minimum Gasteiger partial charge on any atom is -0.459 e. The molecule has 2 saturated heterocycles. The van der Waals surface area contributed by atoms with Crippen LogP contribution in [0.2, 0.25) is 10.3 Å². The molecule has 1 saturated carbocycles. The van der Waals surface area contributed by atoms with Gasteiger partial charge < -0.3 is 15.0 Å². The van der Waals surface area contributed by atoms with E-state index >= 15 is 0 Å². The molecule has 14 heteroatoms. The molecular weight excluding hydrogens is 551 g/mol. The smallest absolute Gasteiger partial charge is 0.333 e. The van der Waals surface area contributed by atoms with Gasteiger partial charge in [-0.1, -0.05) is 23.2 Å². The van der Waals surface area contributed by atoms with E-state index in [1.165, 1.54) is 52.7 Å². The number of amides is 2. The van der Waals surface area contributed by atoms with Gasteiger partial charge >= 0.3 is 5.97 Å². The number of rotatable bonds is 8. The Hall–Kier alpha value is -2.54. The predicted molar refractivity (Wildman–Crippen MR) is 134 cm³/mol. The van der Waals surface area contributed by atoms with Crippen LogP contribution in [0.25, 0.3) is 0 Å². The van der Waals surface area contributed by atoms with Gasteiger partial charge in [-0.2, -0.15) is 0 Å². The van der Waals surface area contributed by atoms with Crippen molar-refractivity contribution >= 4 is 70.2 Å². The van der Waals surface area contributed by atoms with Gasteiger partial charge in [0, 0.05) is 23.4 Å². The molecule has 0 radical (unpaired) electrons. The van der Waals surface area contributed by atoms with Crippen molar-refractivity contribution < 1.29 is 24.0 Å². The summed E-state index contributed by atoms with van der Waals surface area (Å²) in [6, 6.07) is 8.18. The molecular formula is C22H18Cl2N4O6S2. The number of carbonyl (C=O) groups excluding carboxylic acids is 3. The lowest BCUT2D eigenvalue weighted by Crippen LogP contribution is -2.72. The van der Waals surface area contributed by atoms with Crippen molar-refractivity contribution in [2.45, 2.75) is 46.5 Å². The summed E-state index contributed by atoms with van der Waals surface area (Å²) in [5, 5.41) is 13.6. The largest absolute Gasteiger partial charge is 0.459 e. The van der Waals surface area contributed by atoms with Crippen molar-refractivity contribution in [1.82, 2.24) is 15.2 Å². The summed E-state index contributed by atoms with van der Waals surface area (Å²) in [6.07, 6.45) is 0.464. The molecule has 3 heterocycles. The molecule has 5 rings (SSSR count). The average molecular weight is 569 g/mol. The van der Waals surface area contributed by atoms with Crippen LogP contribution in [0, 0.1) is 10.1 Å². The van der Waals surface area contributed by atoms with Gasteiger partial charge in [-0.3, -0.25) is 19.7 Å². The number of nitro benzene ring substituents is 1. The second-order valence-electron chi connectivity index (χ2n) is 8.77. The molecule has 1 aromatic heterocycles. The Labute approximate surface area is 223 Å². The molecule has 3 aliphatic rings. The van der Waals surface area contributed by atoms with Crippen LogP contribution in [-0.2, 0) is 25.7 Å². The number of esters is 1. The summed E-state index contributed by atoms with van der Waals surface area (Å²) >= 11 is 14.5. The van der Waals surface area contributed by atoms with Crippen molar-refractivity contribution in [3.63, 3.8) is 0 Å². The lowest BCUT2D eigenvalue weighted by atomic mass is 10.0. The van der Waals surface area contributed by atoms with Gasteiger partial charge in [-0.05, 0) is 36.8 Å². The monoisotopic (exact) mass is 568 g/mol. The molecule has 1 aliphatic carbocycles. The molecule has 4 atom stereocenters. The molecule has 3 fully saturated rings. The summed E-state index contributed by atoms with van der Waals surface area (Å²) in [5.41, 5.74) is -0.524. The summed E-state index contributed by atoms with van der Waals surface area (Å²) in [6.45, 7) is 1.84. The third-order valence-corrected chi connectivity index (χ3v) is 9.55. The van der Waals surface area contributed by atoms with Crippen molar-refractivity contribution in [1.29, 1.82) is 0 Å². The van der Waals surface area contributed by atoms with Crippen molar-refractivity contribution in [2.75, 3.05) is 5.75 Å². The van der Waals surface area contributed by atoms with Crippen molar-refractivity contribution in [3.8, 4) is 0 Å². The van der Waals surface area contributed by atoms with Crippen LogP contribution >= 0.6 is 46.7 Å². The van der Waals surface area contributed by atoms with E-state index in [1.807, 2.05) is 6.92 Å². The number of β-lactam (4-membered cyclic amide) rings is 1. The van der Waals surface area contributed by atoms with Gasteiger partial charge in [-0.25, -0.2) is 9.78 Å². The van der Waals surface area contributed by atoms with Gasteiger partial charge in [-0.15, -0.1) is 23.5 Å². The van der Waals surface area contributed by atoms with Crippen molar-refractivity contribution in [2.24, 2.45) is 0 Å². The number of nitrogens with zero attached hydrogens (tertiary/aromatic N) is 3. The fraction of sp³-hybridized carbons (Fsp3) is 0.364. The Morgan fingerprint density at radius 3 is 2.61 bits per heavy atom. The molecule has 0 bridgehead atoms. The molecule has 1 aromatic carbocycles. The van der Waals surface area contributed by atoms with E-state index in [-0.39, 0.29) is 45.5 Å². The van der Waals surface area contributed by atoms with E-state index in [2.05, 4.69) is 10.3 Å². The second kappa shape index (κ2) is 9.09. The Morgan fingerprint density at radius 1 is 1.31 bits per heavy atom. The summed E-state index contributed by atoms with van der Waals surface area (Å²) in [5.74, 6) is -1.12. The minimum absolute atomic E-state index is 0.0531. The summed E-state index contributed by atoms with van der Waals surface area (Å²) in [7, 11) is 0. The fourth-order valence-corrected chi connectivity index (χ4v) is 7.84. The standard InChI is InChI=1S/C22H18Cl2N4O6S2/c1-21-10-22(21,20(31)34-8-11-2-4-12(5-3-11)28(32)33)27-18(30)17(19(27)36-21)26-16(29)9-35-13-6-14(23)25-15(24)7-13/h2-7,17,19H,8-10H2,1H3,(H,26,29)/t17-,19-,21-,22-/m1/s1. The lowest BCUT2D eigenvalue weighted by molar-refractivity contribution is -0.384. The normalized spacial score (nSPS) is 27.5. The minimum atomic E-state index is -1.07. The molecule has 1 N–H and O–H groups in total.